The lowest BCUT2D eigenvalue weighted by molar-refractivity contribution is 0.0643. The average Bonchev–Trinajstić information content (AvgIpc) is 2.01. The third-order valence-electron chi connectivity index (χ3n) is 2.21. The molecule has 0 bridgehead atoms. The standard InChI is InChI=1S/C8H16N2O2/c1-12-8(11)10-5-7(6-10)3-2-4-9/h7H,2-6,9H2,1H3. The lowest BCUT2D eigenvalue weighted by atomic mass is 9.95. The van der Waals surface area contributed by atoms with Crippen molar-refractivity contribution in [2.45, 2.75) is 12.8 Å². The molecule has 0 aliphatic carbocycles. The van der Waals surface area contributed by atoms with Crippen molar-refractivity contribution in [2.24, 2.45) is 11.7 Å². The van der Waals surface area contributed by atoms with Crippen LogP contribution >= 0.6 is 0 Å². The molecule has 0 unspecified atom stereocenters. The molecule has 0 saturated carbocycles. The molecule has 0 aromatic rings. The molecule has 1 amide bonds. The summed E-state index contributed by atoms with van der Waals surface area (Å²) in [7, 11) is 1.41. The summed E-state index contributed by atoms with van der Waals surface area (Å²) in [5, 5.41) is 0. The monoisotopic (exact) mass is 172 g/mol. The second kappa shape index (κ2) is 4.30. The van der Waals surface area contributed by atoms with Crippen molar-refractivity contribution in [3.05, 3.63) is 0 Å². The van der Waals surface area contributed by atoms with Gasteiger partial charge in [-0.05, 0) is 25.3 Å². The smallest absolute Gasteiger partial charge is 0.409 e. The maximum absolute atomic E-state index is 10.9. The molecular formula is C8H16N2O2. The van der Waals surface area contributed by atoms with Crippen LogP contribution in [0.25, 0.3) is 0 Å². The van der Waals surface area contributed by atoms with E-state index in [1.54, 1.807) is 4.90 Å². The highest BCUT2D eigenvalue weighted by Crippen LogP contribution is 2.20. The summed E-state index contributed by atoms with van der Waals surface area (Å²) in [4.78, 5) is 12.6. The molecule has 4 heteroatoms. The van der Waals surface area contributed by atoms with E-state index < -0.39 is 0 Å². The summed E-state index contributed by atoms with van der Waals surface area (Å²) in [5.74, 6) is 0.646. The van der Waals surface area contributed by atoms with Crippen molar-refractivity contribution >= 4 is 6.09 Å². The number of methoxy groups -OCH3 is 1. The highest BCUT2D eigenvalue weighted by Gasteiger charge is 2.30. The predicted octanol–water partition coefficient (Wildman–Crippen LogP) is 0.424. The van der Waals surface area contributed by atoms with E-state index in [4.69, 9.17) is 5.73 Å². The zero-order valence-corrected chi connectivity index (χ0v) is 7.45. The van der Waals surface area contributed by atoms with Gasteiger partial charge in [0.05, 0.1) is 7.11 Å². The van der Waals surface area contributed by atoms with Gasteiger partial charge in [-0.3, -0.25) is 0 Å². The topological polar surface area (TPSA) is 55.6 Å². The Hall–Kier alpha value is -0.770. The molecule has 1 aliphatic rings. The largest absolute Gasteiger partial charge is 0.453 e. The van der Waals surface area contributed by atoms with Gasteiger partial charge >= 0.3 is 6.09 Å². The van der Waals surface area contributed by atoms with Gasteiger partial charge in [-0.25, -0.2) is 4.79 Å². The minimum absolute atomic E-state index is 0.209. The Morgan fingerprint density at radius 1 is 1.67 bits per heavy atom. The second-order valence-corrected chi connectivity index (χ2v) is 3.17. The first-order valence-electron chi connectivity index (χ1n) is 4.31. The fourth-order valence-electron chi connectivity index (χ4n) is 1.44. The van der Waals surface area contributed by atoms with E-state index >= 15 is 0 Å². The first-order chi connectivity index (χ1) is 5.77. The summed E-state index contributed by atoms with van der Waals surface area (Å²) >= 11 is 0. The summed E-state index contributed by atoms with van der Waals surface area (Å²) < 4.78 is 4.57. The normalized spacial score (nSPS) is 17.3. The van der Waals surface area contributed by atoms with Crippen LogP contribution in [0, 0.1) is 5.92 Å². The van der Waals surface area contributed by atoms with Gasteiger partial charge in [0, 0.05) is 13.1 Å². The van der Waals surface area contributed by atoms with Gasteiger partial charge in [0.1, 0.15) is 0 Å². The maximum Gasteiger partial charge on any atom is 0.409 e. The van der Waals surface area contributed by atoms with Gasteiger partial charge in [-0.2, -0.15) is 0 Å². The number of carbonyl (C=O) groups excluding carboxylic acids is 1. The van der Waals surface area contributed by atoms with Crippen LogP contribution < -0.4 is 5.73 Å². The molecule has 2 N–H and O–H groups in total. The minimum Gasteiger partial charge on any atom is -0.453 e. The Morgan fingerprint density at radius 2 is 2.33 bits per heavy atom. The van der Waals surface area contributed by atoms with Crippen molar-refractivity contribution < 1.29 is 9.53 Å². The highest BCUT2D eigenvalue weighted by atomic mass is 16.5. The molecular weight excluding hydrogens is 156 g/mol. The molecule has 1 rings (SSSR count). The van der Waals surface area contributed by atoms with E-state index in [-0.39, 0.29) is 6.09 Å². The van der Waals surface area contributed by atoms with Crippen LogP contribution in [0.3, 0.4) is 0 Å². The predicted molar refractivity (Wildman–Crippen MR) is 45.8 cm³/mol. The molecule has 12 heavy (non-hydrogen) atoms. The second-order valence-electron chi connectivity index (χ2n) is 3.17. The number of hydrogen-bond donors (Lipinski definition) is 1. The summed E-state index contributed by atoms with van der Waals surface area (Å²) in [6, 6.07) is 0. The summed E-state index contributed by atoms with van der Waals surface area (Å²) in [6.45, 7) is 2.42. The van der Waals surface area contributed by atoms with Gasteiger partial charge in [0.2, 0.25) is 0 Å². The summed E-state index contributed by atoms with van der Waals surface area (Å²) in [5.41, 5.74) is 5.37. The lowest BCUT2D eigenvalue weighted by Crippen LogP contribution is -2.49. The first kappa shape index (κ1) is 9.32. The van der Waals surface area contributed by atoms with Gasteiger partial charge in [0.15, 0.2) is 0 Å². The molecule has 0 aromatic heterocycles. The summed E-state index contributed by atoms with van der Waals surface area (Å²) in [6.07, 6.45) is 1.97. The van der Waals surface area contributed by atoms with Crippen molar-refractivity contribution in [2.75, 3.05) is 26.7 Å². The van der Waals surface area contributed by atoms with Gasteiger partial charge in [-0.15, -0.1) is 0 Å². The fraction of sp³-hybridized carbons (Fsp3) is 0.875. The molecule has 0 radical (unpaired) electrons. The Balaban J connectivity index is 2.07. The molecule has 4 nitrogen and oxygen atoms in total. The quantitative estimate of drug-likeness (QED) is 0.671. The van der Waals surface area contributed by atoms with Crippen molar-refractivity contribution in [1.82, 2.24) is 4.90 Å². The van der Waals surface area contributed by atoms with E-state index in [2.05, 4.69) is 4.74 Å². The van der Waals surface area contributed by atoms with Crippen LogP contribution in [0.1, 0.15) is 12.8 Å². The molecule has 0 spiro atoms. The molecule has 1 saturated heterocycles. The number of nitrogens with zero attached hydrogens (tertiary/aromatic N) is 1. The number of likely N-dealkylation sites (tertiary alicyclic amines) is 1. The number of amides is 1. The molecule has 1 aliphatic heterocycles. The van der Waals surface area contributed by atoms with Crippen molar-refractivity contribution in [3.63, 3.8) is 0 Å². The maximum atomic E-state index is 10.9. The Morgan fingerprint density at radius 3 is 2.83 bits per heavy atom. The Kier molecular flexibility index (Phi) is 3.34. The van der Waals surface area contributed by atoms with E-state index in [1.165, 1.54) is 7.11 Å². The van der Waals surface area contributed by atoms with Crippen LogP contribution in [0.15, 0.2) is 0 Å². The van der Waals surface area contributed by atoms with Crippen LogP contribution in [-0.4, -0.2) is 37.7 Å². The van der Waals surface area contributed by atoms with Gasteiger partial charge in [-0.1, -0.05) is 0 Å². The van der Waals surface area contributed by atoms with Crippen molar-refractivity contribution in [3.8, 4) is 0 Å². The van der Waals surface area contributed by atoms with E-state index in [0.29, 0.717) is 5.92 Å². The van der Waals surface area contributed by atoms with Crippen LogP contribution in [0.4, 0.5) is 4.79 Å². The highest BCUT2D eigenvalue weighted by molar-refractivity contribution is 5.68. The Labute approximate surface area is 72.7 Å². The van der Waals surface area contributed by atoms with E-state index in [0.717, 1.165) is 32.5 Å². The zero-order valence-electron chi connectivity index (χ0n) is 7.45. The minimum atomic E-state index is -0.209. The Bertz CT molecular complexity index is 155. The van der Waals surface area contributed by atoms with E-state index in [1.807, 2.05) is 0 Å². The molecule has 1 fully saturated rings. The molecule has 0 atom stereocenters. The number of ether oxygens (including phenoxy) is 1. The number of rotatable bonds is 3. The van der Waals surface area contributed by atoms with Crippen molar-refractivity contribution in [1.29, 1.82) is 0 Å². The number of hydrogen-bond acceptors (Lipinski definition) is 3. The molecule has 1 heterocycles. The third kappa shape index (κ3) is 2.11. The lowest BCUT2D eigenvalue weighted by Gasteiger charge is -2.37. The van der Waals surface area contributed by atoms with Crippen LogP contribution in [0.2, 0.25) is 0 Å². The average molecular weight is 172 g/mol. The van der Waals surface area contributed by atoms with Crippen LogP contribution in [-0.2, 0) is 4.74 Å². The van der Waals surface area contributed by atoms with Gasteiger partial charge in [0.25, 0.3) is 0 Å². The van der Waals surface area contributed by atoms with Gasteiger partial charge < -0.3 is 15.4 Å². The SMILES string of the molecule is COC(=O)N1CC(CCCN)C1. The zero-order chi connectivity index (χ0) is 8.97. The third-order valence-corrected chi connectivity index (χ3v) is 2.21. The molecule has 0 aromatic carbocycles. The number of carbonyl (C=O) groups is 1. The fourth-order valence-corrected chi connectivity index (χ4v) is 1.44. The first-order valence-corrected chi connectivity index (χ1v) is 4.31. The molecule has 70 valence electrons. The van der Waals surface area contributed by atoms with E-state index in [9.17, 15) is 4.79 Å². The van der Waals surface area contributed by atoms with Crippen LogP contribution in [0.5, 0.6) is 0 Å². The number of nitrogens with two attached hydrogens (primary N) is 1.